The van der Waals surface area contributed by atoms with Gasteiger partial charge in [0.25, 0.3) is 0 Å². The van der Waals surface area contributed by atoms with E-state index in [4.69, 9.17) is 9.15 Å². The van der Waals surface area contributed by atoms with E-state index in [0.717, 1.165) is 28.3 Å². The molecule has 6 heteroatoms. The Hall–Kier alpha value is -3.12. The Balaban J connectivity index is 1.56. The Labute approximate surface area is 165 Å². The van der Waals surface area contributed by atoms with Crippen LogP contribution >= 0.6 is 0 Å². The molecule has 1 heterocycles. The first kappa shape index (κ1) is 19.6. The maximum absolute atomic E-state index is 12.2. The summed E-state index contributed by atoms with van der Waals surface area (Å²) >= 11 is 0. The first-order valence-electron chi connectivity index (χ1n) is 9.09. The van der Waals surface area contributed by atoms with Crippen molar-refractivity contribution >= 4 is 11.6 Å². The second-order valence-electron chi connectivity index (χ2n) is 6.91. The number of anilines is 1. The van der Waals surface area contributed by atoms with Crippen molar-refractivity contribution in [2.75, 3.05) is 26.0 Å². The Morgan fingerprint density at radius 2 is 1.93 bits per heavy atom. The van der Waals surface area contributed by atoms with Gasteiger partial charge in [0.15, 0.2) is 0 Å². The third-order valence-corrected chi connectivity index (χ3v) is 4.38. The number of rotatable bonds is 7. The van der Waals surface area contributed by atoms with Crippen molar-refractivity contribution in [3.05, 3.63) is 65.5 Å². The van der Waals surface area contributed by atoms with Crippen LogP contribution in [-0.2, 0) is 11.3 Å². The lowest BCUT2D eigenvalue weighted by molar-refractivity contribution is -0.117. The third kappa shape index (κ3) is 4.98. The minimum Gasteiger partial charge on any atom is -0.497 e. The molecule has 3 aromatic rings. The van der Waals surface area contributed by atoms with Crippen molar-refractivity contribution in [3.8, 4) is 17.2 Å². The monoisotopic (exact) mass is 379 g/mol. The largest absolute Gasteiger partial charge is 0.497 e. The number of carbonyl (C=O) groups excluding carboxylic acids is 1. The number of nitrogens with zero attached hydrogens (tertiary/aromatic N) is 2. The van der Waals surface area contributed by atoms with Crippen LogP contribution in [-0.4, -0.2) is 36.5 Å². The summed E-state index contributed by atoms with van der Waals surface area (Å²) in [5.74, 6) is 1.26. The summed E-state index contributed by atoms with van der Waals surface area (Å²) in [5.41, 5.74) is 4.83. The highest BCUT2D eigenvalue weighted by atomic mass is 16.5. The molecule has 1 aromatic heterocycles. The SMILES string of the molecule is COc1ccc(NC(=O)CN(C)Cc2coc(-c3ccc(C)cc3C)n2)cc1. The molecule has 0 fully saturated rings. The van der Waals surface area contributed by atoms with E-state index >= 15 is 0 Å². The molecule has 2 aromatic carbocycles. The van der Waals surface area contributed by atoms with Crippen LogP contribution in [0.4, 0.5) is 5.69 Å². The van der Waals surface area contributed by atoms with Gasteiger partial charge in [-0.05, 0) is 56.8 Å². The summed E-state index contributed by atoms with van der Waals surface area (Å²) in [6.45, 7) is 4.87. The number of oxazole rings is 1. The Morgan fingerprint density at radius 3 is 2.61 bits per heavy atom. The maximum Gasteiger partial charge on any atom is 0.238 e. The van der Waals surface area contributed by atoms with Gasteiger partial charge < -0.3 is 14.5 Å². The molecule has 0 spiro atoms. The van der Waals surface area contributed by atoms with Gasteiger partial charge in [0.1, 0.15) is 12.0 Å². The van der Waals surface area contributed by atoms with E-state index in [2.05, 4.69) is 23.3 Å². The van der Waals surface area contributed by atoms with E-state index in [-0.39, 0.29) is 12.5 Å². The van der Waals surface area contributed by atoms with Gasteiger partial charge >= 0.3 is 0 Å². The molecule has 1 amide bonds. The fourth-order valence-electron chi connectivity index (χ4n) is 3.01. The summed E-state index contributed by atoms with van der Waals surface area (Å²) in [5, 5.41) is 2.87. The standard InChI is InChI=1S/C22H25N3O3/c1-15-5-10-20(16(2)11-15)22-24-18(14-28-22)12-25(3)13-21(26)23-17-6-8-19(27-4)9-7-17/h5-11,14H,12-13H2,1-4H3,(H,23,26). The zero-order valence-electron chi connectivity index (χ0n) is 16.7. The first-order valence-corrected chi connectivity index (χ1v) is 9.09. The quantitative estimate of drug-likeness (QED) is 0.671. The summed E-state index contributed by atoms with van der Waals surface area (Å²) < 4.78 is 10.8. The van der Waals surface area contributed by atoms with Gasteiger partial charge in [-0.25, -0.2) is 4.98 Å². The predicted octanol–water partition coefficient (Wildman–Crippen LogP) is 4.04. The van der Waals surface area contributed by atoms with E-state index < -0.39 is 0 Å². The minimum atomic E-state index is -0.0919. The van der Waals surface area contributed by atoms with Gasteiger partial charge in [0.2, 0.25) is 11.8 Å². The lowest BCUT2D eigenvalue weighted by atomic mass is 10.1. The van der Waals surface area contributed by atoms with E-state index in [1.807, 2.05) is 55.3 Å². The highest BCUT2D eigenvalue weighted by Crippen LogP contribution is 2.24. The van der Waals surface area contributed by atoms with Crippen molar-refractivity contribution in [2.24, 2.45) is 0 Å². The van der Waals surface area contributed by atoms with Gasteiger partial charge in [-0.2, -0.15) is 0 Å². The summed E-state index contributed by atoms with van der Waals surface area (Å²) in [6, 6.07) is 13.4. The lowest BCUT2D eigenvalue weighted by Crippen LogP contribution is -2.29. The van der Waals surface area contributed by atoms with Crippen LogP contribution in [0.25, 0.3) is 11.5 Å². The van der Waals surface area contributed by atoms with Gasteiger partial charge in [0, 0.05) is 17.8 Å². The number of nitrogens with one attached hydrogen (secondary N) is 1. The van der Waals surface area contributed by atoms with E-state index in [1.54, 1.807) is 13.4 Å². The topological polar surface area (TPSA) is 67.6 Å². The van der Waals surface area contributed by atoms with Gasteiger partial charge in [-0.15, -0.1) is 0 Å². The van der Waals surface area contributed by atoms with Crippen LogP contribution in [0.5, 0.6) is 5.75 Å². The van der Waals surface area contributed by atoms with E-state index in [9.17, 15) is 4.79 Å². The van der Waals surface area contributed by atoms with Crippen LogP contribution in [0.3, 0.4) is 0 Å². The summed E-state index contributed by atoms with van der Waals surface area (Å²) in [4.78, 5) is 18.7. The number of carbonyl (C=O) groups is 1. The molecule has 0 aliphatic rings. The molecule has 146 valence electrons. The zero-order valence-corrected chi connectivity index (χ0v) is 16.7. The van der Waals surface area contributed by atoms with E-state index in [1.165, 1.54) is 5.56 Å². The molecule has 0 aliphatic heterocycles. The molecule has 0 saturated heterocycles. The number of aryl methyl sites for hydroxylation is 2. The molecule has 0 bridgehead atoms. The van der Waals surface area contributed by atoms with Crippen LogP contribution in [0, 0.1) is 13.8 Å². The number of aromatic nitrogens is 1. The number of methoxy groups -OCH3 is 1. The number of ether oxygens (including phenoxy) is 1. The molecular formula is C22H25N3O3. The molecule has 28 heavy (non-hydrogen) atoms. The van der Waals surface area contributed by atoms with Crippen molar-refractivity contribution < 1.29 is 13.9 Å². The molecular weight excluding hydrogens is 354 g/mol. The highest BCUT2D eigenvalue weighted by molar-refractivity contribution is 5.92. The van der Waals surface area contributed by atoms with Crippen LogP contribution < -0.4 is 10.1 Å². The third-order valence-electron chi connectivity index (χ3n) is 4.38. The molecule has 3 rings (SSSR count). The highest BCUT2D eigenvalue weighted by Gasteiger charge is 2.13. The lowest BCUT2D eigenvalue weighted by Gasteiger charge is -2.14. The predicted molar refractivity (Wildman–Crippen MR) is 109 cm³/mol. The van der Waals surface area contributed by atoms with Gasteiger partial charge in [0.05, 0.1) is 19.3 Å². The molecule has 0 unspecified atom stereocenters. The van der Waals surface area contributed by atoms with Crippen LogP contribution in [0.1, 0.15) is 16.8 Å². The summed E-state index contributed by atoms with van der Waals surface area (Å²) in [6.07, 6.45) is 1.65. The maximum atomic E-state index is 12.2. The smallest absolute Gasteiger partial charge is 0.238 e. The Morgan fingerprint density at radius 1 is 1.18 bits per heavy atom. The van der Waals surface area contributed by atoms with E-state index in [0.29, 0.717) is 12.4 Å². The molecule has 0 radical (unpaired) electrons. The van der Waals surface area contributed by atoms with Crippen molar-refractivity contribution in [2.45, 2.75) is 20.4 Å². The van der Waals surface area contributed by atoms with Crippen molar-refractivity contribution in [3.63, 3.8) is 0 Å². The molecule has 1 N–H and O–H groups in total. The number of benzene rings is 2. The fourth-order valence-corrected chi connectivity index (χ4v) is 3.01. The number of likely N-dealkylation sites (N-methyl/N-ethyl adjacent to an activating group) is 1. The Kier molecular flexibility index (Phi) is 6.11. The number of amides is 1. The van der Waals surface area contributed by atoms with Crippen LogP contribution in [0.15, 0.2) is 53.1 Å². The minimum absolute atomic E-state index is 0.0919. The van der Waals surface area contributed by atoms with Crippen molar-refractivity contribution in [1.82, 2.24) is 9.88 Å². The Bertz CT molecular complexity index is 948. The fraction of sp³-hybridized carbons (Fsp3) is 0.273. The molecule has 0 aliphatic carbocycles. The molecule has 0 saturated carbocycles. The normalized spacial score (nSPS) is 10.9. The van der Waals surface area contributed by atoms with Gasteiger partial charge in [-0.1, -0.05) is 17.7 Å². The molecule has 6 nitrogen and oxygen atoms in total. The summed E-state index contributed by atoms with van der Waals surface area (Å²) in [7, 11) is 3.48. The average Bonchev–Trinajstić information content (AvgIpc) is 3.10. The number of hydrogen-bond acceptors (Lipinski definition) is 5. The number of hydrogen-bond donors (Lipinski definition) is 1. The average molecular weight is 379 g/mol. The van der Waals surface area contributed by atoms with Crippen molar-refractivity contribution in [1.29, 1.82) is 0 Å². The first-order chi connectivity index (χ1) is 13.4. The second-order valence-corrected chi connectivity index (χ2v) is 6.91. The second kappa shape index (κ2) is 8.71. The zero-order chi connectivity index (χ0) is 20.1. The molecule has 0 atom stereocenters. The van der Waals surface area contributed by atoms with Crippen LogP contribution in [0.2, 0.25) is 0 Å². The van der Waals surface area contributed by atoms with Gasteiger partial charge in [-0.3, -0.25) is 9.69 Å².